The molecule has 1 aromatic rings. The molecule has 112 valence electrons. The molecule has 20 heavy (non-hydrogen) atoms. The standard InChI is InChI=1S/C15H25N3O2/c1-14(2)9-18(10-15(3,4)20-14)13-17-12(8-19-13)7-16-11-5-6-11/h8,11,16H,5-7,9-10H2,1-4H3. The first-order valence-corrected chi connectivity index (χ1v) is 7.46. The van der Waals surface area contributed by atoms with Gasteiger partial charge in [-0.15, -0.1) is 0 Å². The van der Waals surface area contributed by atoms with Gasteiger partial charge in [-0.05, 0) is 40.5 Å². The summed E-state index contributed by atoms with van der Waals surface area (Å²) in [5, 5.41) is 3.46. The molecule has 1 saturated carbocycles. The van der Waals surface area contributed by atoms with Gasteiger partial charge >= 0.3 is 0 Å². The van der Waals surface area contributed by atoms with Crippen LogP contribution in [-0.2, 0) is 11.3 Å². The zero-order valence-corrected chi connectivity index (χ0v) is 12.9. The first kappa shape index (κ1) is 13.9. The van der Waals surface area contributed by atoms with Crippen LogP contribution in [0.1, 0.15) is 46.2 Å². The van der Waals surface area contributed by atoms with E-state index in [9.17, 15) is 0 Å². The smallest absolute Gasteiger partial charge is 0.297 e. The molecular weight excluding hydrogens is 254 g/mol. The molecule has 5 nitrogen and oxygen atoms in total. The van der Waals surface area contributed by atoms with Gasteiger partial charge in [-0.3, -0.25) is 0 Å². The molecule has 5 heteroatoms. The molecule has 0 unspecified atom stereocenters. The first-order valence-electron chi connectivity index (χ1n) is 7.46. The van der Waals surface area contributed by atoms with Gasteiger partial charge in [-0.1, -0.05) is 0 Å². The highest BCUT2D eigenvalue weighted by Crippen LogP contribution is 2.31. The summed E-state index contributed by atoms with van der Waals surface area (Å²) >= 11 is 0. The Morgan fingerprint density at radius 2 is 1.90 bits per heavy atom. The number of oxazole rings is 1. The van der Waals surface area contributed by atoms with Gasteiger partial charge in [0, 0.05) is 12.6 Å². The minimum Gasteiger partial charge on any atom is -0.432 e. The van der Waals surface area contributed by atoms with Crippen LogP contribution in [0, 0.1) is 0 Å². The second kappa shape index (κ2) is 4.74. The topological polar surface area (TPSA) is 50.5 Å². The van der Waals surface area contributed by atoms with Crippen LogP contribution in [0.3, 0.4) is 0 Å². The van der Waals surface area contributed by atoms with E-state index in [0.717, 1.165) is 25.3 Å². The summed E-state index contributed by atoms with van der Waals surface area (Å²) in [6.07, 6.45) is 4.34. The van der Waals surface area contributed by atoms with Crippen LogP contribution in [0.15, 0.2) is 10.7 Å². The minimum absolute atomic E-state index is 0.192. The van der Waals surface area contributed by atoms with E-state index in [2.05, 4.69) is 42.9 Å². The lowest BCUT2D eigenvalue weighted by molar-refractivity contribution is -0.134. The van der Waals surface area contributed by atoms with E-state index in [1.54, 1.807) is 6.26 Å². The van der Waals surface area contributed by atoms with Gasteiger partial charge in [0.25, 0.3) is 6.01 Å². The number of aromatic nitrogens is 1. The summed E-state index contributed by atoms with van der Waals surface area (Å²) in [7, 11) is 0. The van der Waals surface area contributed by atoms with Crippen LogP contribution >= 0.6 is 0 Å². The average Bonchev–Trinajstić information content (AvgIpc) is 2.99. The molecule has 1 aliphatic carbocycles. The molecular formula is C15H25N3O2. The third-order valence-electron chi connectivity index (χ3n) is 3.66. The van der Waals surface area contributed by atoms with Gasteiger partial charge in [-0.25, -0.2) is 0 Å². The van der Waals surface area contributed by atoms with Crippen LogP contribution in [-0.4, -0.2) is 35.3 Å². The van der Waals surface area contributed by atoms with Crippen molar-refractivity contribution in [3.05, 3.63) is 12.0 Å². The second-order valence-electron chi connectivity index (χ2n) is 7.25. The lowest BCUT2D eigenvalue weighted by atomic mass is 9.99. The highest BCUT2D eigenvalue weighted by Gasteiger charge is 2.39. The molecule has 1 aromatic heterocycles. The molecule has 1 saturated heterocycles. The van der Waals surface area contributed by atoms with E-state index >= 15 is 0 Å². The predicted octanol–water partition coefficient (Wildman–Crippen LogP) is 2.32. The van der Waals surface area contributed by atoms with Crippen LogP contribution in [0.2, 0.25) is 0 Å². The largest absolute Gasteiger partial charge is 0.432 e. The lowest BCUT2D eigenvalue weighted by Crippen LogP contribution is -2.57. The number of hydrogen-bond acceptors (Lipinski definition) is 5. The van der Waals surface area contributed by atoms with Gasteiger partial charge < -0.3 is 19.4 Å². The Morgan fingerprint density at radius 3 is 2.50 bits per heavy atom. The zero-order chi connectivity index (χ0) is 14.4. The van der Waals surface area contributed by atoms with Gasteiger partial charge in [-0.2, -0.15) is 4.98 Å². The highest BCUT2D eigenvalue weighted by atomic mass is 16.5. The van der Waals surface area contributed by atoms with Crippen LogP contribution in [0.25, 0.3) is 0 Å². The molecule has 1 N–H and O–H groups in total. The average molecular weight is 279 g/mol. The number of rotatable bonds is 4. The summed E-state index contributed by atoms with van der Waals surface area (Å²) in [5.41, 5.74) is 0.597. The Morgan fingerprint density at radius 1 is 1.25 bits per heavy atom. The lowest BCUT2D eigenvalue weighted by Gasteiger charge is -2.46. The quantitative estimate of drug-likeness (QED) is 0.916. The summed E-state index contributed by atoms with van der Waals surface area (Å²) in [6.45, 7) is 10.8. The molecule has 0 spiro atoms. The third kappa shape index (κ3) is 3.33. The Labute approximate surface area is 120 Å². The Bertz CT molecular complexity index is 461. The fourth-order valence-electron chi connectivity index (χ4n) is 2.98. The molecule has 3 rings (SSSR count). The number of morpholine rings is 1. The van der Waals surface area contributed by atoms with Crippen LogP contribution in [0.4, 0.5) is 6.01 Å². The molecule has 0 radical (unpaired) electrons. The third-order valence-corrected chi connectivity index (χ3v) is 3.66. The van der Waals surface area contributed by atoms with Gasteiger partial charge in [0.1, 0.15) is 6.26 Å². The molecule has 0 bridgehead atoms. The van der Waals surface area contributed by atoms with Crippen molar-refractivity contribution in [1.29, 1.82) is 0 Å². The Kier molecular flexibility index (Phi) is 3.29. The van der Waals surface area contributed by atoms with Crippen molar-refractivity contribution in [3.63, 3.8) is 0 Å². The maximum absolute atomic E-state index is 6.08. The molecule has 2 aliphatic rings. The van der Waals surface area contributed by atoms with Gasteiger partial charge in [0.15, 0.2) is 0 Å². The number of nitrogens with one attached hydrogen (secondary N) is 1. The number of nitrogens with zero attached hydrogens (tertiary/aromatic N) is 2. The summed E-state index contributed by atoms with van der Waals surface area (Å²) in [4.78, 5) is 6.79. The van der Waals surface area contributed by atoms with Crippen LogP contribution in [0.5, 0.6) is 0 Å². The number of anilines is 1. The SMILES string of the molecule is CC1(C)CN(c2nc(CNC3CC3)co2)CC(C)(C)O1. The normalized spacial score (nSPS) is 24.9. The van der Waals surface area contributed by atoms with E-state index in [1.165, 1.54) is 12.8 Å². The van der Waals surface area contributed by atoms with Gasteiger partial charge in [0.2, 0.25) is 0 Å². The Hall–Kier alpha value is -1.07. The summed E-state index contributed by atoms with van der Waals surface area (Å²) in [5.74, 6) is 0. The van der Waals surface area contributed by atoms with Crippen molar-refractivity contribution in [2.24, 2.45) is 0 Å². The second-order valence-corrected chi connectivity index (χ2v) is 7.25. The summed E-state index contributed by atoms with van der Waals surface area (Å²) in [6, 6.07) is 1.40. The Balaban J connectivity index is 1.67. The molecule has 0 amide bonds. The van der Waals surface area contributed by atoms with Crippen molar-refractivity contribution in [2.45, 2.75) is 64.3 Å². The fourth-order valence-corrected chi connectivity index (χ4v) is 2.98. The van der Waals surface area contributed by atoms with Crippen molar-refractivity contribution in [3.8, 4) is 0 Å². The molecule has 0 aromatic carbocycles. The molecule has 2 fully saturated rings. The fraction of sp³-hybridized carbons (Fsp3) is 0.800. The highest BCUT2D eigenvalue weighted by molar-refractivity contribution is 5.30. The van der Waals surface area contributed by atoms with Crippen molar-refractivity contribution >= 4 is 6.01 Å². The minimum atomic E-state index is -0.192. The van der Waals surface area contributed by atoms with Gasteiger partial charge in [0.05, 0.1) is 30.0 Å². The van der Waals surface area contributed by atoms with Crippen molar-refractivity contribution in [1.82, 2.24) is 10.3 Å². The van der Waals surface area contributed by atoms with E-state index in [0.29, 0.717) is 12.1 Å². The summed E-state index contributed by atoms with van der Waals surface area (Å²) < 4.78 is 11.7. The maximum Gasteiger partial charge on any atom is 0.297 e. The van der Waals surface area contributed by atoms with Crippen LogP contribution < -0.4 is 10.2 Å². The first-order chi connectivity index (χ1) is 9.33. The zero-order valence-electron chi connectivity index (χ0n) is 12.9. The maximum atomic E-state index is 6.08. The number of hydrogen-bond donors (Lipinski definition) is 1. The van der Waals surface area contributed by atoms with E-state index in [4.69, 9.17) is 9.15 Å². The molecule has 2 heterocycles. The van der Waals surface area contributed by atoms with E-state index in [1.807, 2.05) is 0 Å². The van der Waals surface area contributed by atoms with E-state index < -0.39 is 0 Å². The number of ether oxygens (including phenoxy) is 1. The molecule has 0 atom stereocenters. The predicted molar refractivity (Wildman–Crippen MR) is 77.8 cm³/mol. The monoisotopic (exact) mass is 279 g/mol. The van der Waals surface area contributed by atoms with Crippen molar-refractivity contribution < 1.29 is 9.15 Å². The molecule has 1 aliphatic heterocycles. The van der Waals surface area contributed by atoms with E-state index in [-0.39, 0.29) is 11.2 Å². The van der Waals surface area contributed by atoms with Crippen molar-refractivity contribution in [2.75, 3.05) is 18.0 Å².